The zero-order valence-corrected chi connectivity index (χ0v) is 13.7. The van der Waals surface area contributed by atoms with E-state index < -0.39 is 62.1 Å². The Morgan fingerprint density at radius 3 is 1.58 bits per heavy atom. The summed E-state index contributed by atoms with van der Waals surface area (Å²) in [5, 5.41) is 8.90. The number of rotatable bonds is 2. The van der Waals surface area contributed by atoms with Gasteiger partial charge in [0.2, 0.25) is 5.82 Å². The molecule has 0 amide bonds. The summed E-state index contributed by atoms with van der Waals surface area (Å²) in [4.78, 5) is 10.9. The summed E-state index contributed by atoms with van der Waals surface area (Å²) in [6.07, 6.45) is 0. The van der Waals surface area contributed by atoms with E-state index in [0.717, 1.165) is 12.1 Å². The topological polar surface area (TPSA) is 118 Å². The normalized spacial score (nSPS) is 10.4. The van der Waals surface area contributed by atoms with Crippen LogP contribution in [0.1, 0.15) is 10.4 Å². The number of halogens is 5. The molecule has 6 nitrogen and oxygen atoms in total. The predicted octanol–water partition coefficient (Wildman–Crippen LogP) is 2.41. The van der Waals surface area contributed by atoms with Crippen molar-refractivity contribution in [1.29, 1.82) is 0 Å². The van der Waals surface area contributed by atoms with Crippen molar-refractivity contribution in [1.82, 2.24) is 0 Å². The second kappa shape index (κ2) is 9.05. The van der Waals surface area contributed by atoms with E-state index in [1.54, 1.807) is 0 Å². The Kier molecular flexibility index (Phi) is 8.34. The van der Waals surface area contributed by atoms with Crippen LogP contribution in [-0.2, 0) is 27.5 Å². The van der Waals surface area contributed by atoms with E-state index in [4.69, 9.17) is 22.6 Å². The smallest absolute Gasteiger partial charge is 0.759 e. The molecule has 1 radical (unpaired) electrons. The molecule has 2 aromatic rings. The third-order valence-corrected chi connectivity index (χ3v) is 2.64. The molecule has 0 bridgehead atoms. The first-order valence-corrected chi connectivity index (χ1v) is 7.20. The fourth-order valence-corrected chi connectivity index (χ4v) is 1.73. The minimum absolute atomic E-state index is 0. The standard InChI is InChI=1S/C13H5F5O2.Cu.H2O4S/c14-8-7(9(15)11(17)12(18)10(8)16)5-3-1-2-4-6(5)13(19)20;;1-5(2,3)4/h1-4H,(H,19,20);;(H2,1,2,3,4)/q;+2;/p-2. The number of carboxylic acid groups (broad SMARTS) is 1. The van der Waals surface area contributed by atoms with Crippen LogP contribution in [0.2, 0.25) is 0 Å². The molecule has 0 unspecified atom stereocenters. The fourth-order valence-electron chi connectivity index (χ4n) is 1.73. The summed E-state index contributed by atoms with van der Waals surface area (Å²) < 4.78 is 100. The number of hydrogen-bond donors (Lipinski definition) is 1. The van der Waals surface area contributed by atoms with Gasteiger partial charge in [0.1, 0.15) is 0 Å². The van der Waals surface area contributed by atoms with Gasteiger partial charge < -0.3 is 14.2 Å². The van der Waals surface area contributed by atoms with Gasteiger partial charge >= 0.3 is 23.0 Å². The Morgan fingerprint density at radius 2 is 1.19 bits per heavy atom. The van der Waals surface area contributed by atoms with Crippen LogP contribution >= 0.6 is 0 Å². The third-order valence-electron chi connectivity index (χ3n) is 2.64. The van der Waals surface area contributed by atoms with Gasteiger partial charge in [0.25, 0.3) is 0 Å². The van der Waals surface area contributed by atoms with E-state index >= 15 is 0 Å². The first-order chi connectivity index (χ1) is 11.4. The van der Waals surface area contributed by atoms with Crippen molar-refractivity contribution < 1.29 is 66.4 Å². The molecular formula is C13H5CuF5O6S. The van der Waals surface area contributed by atoms with Crippen LogP contribution in [0.3, 0.4) is 0 Å². The van der Waals surface area contributed by atoms with Gasteiger partial charge in [0.05, 0.1) is 11.1 Å². The van der Waals surface area contributed by atoms with Crippen molar-refractivity contribution in [3.05, 3.63) is 58.9 Å². The molecule has 0 fully saturated rings. The van der Waals surface area contributed by atoms with E-state index in [9.17, 15) is 26.7 Å². The molecular weight excluding hydrogens is 443 g/mol. The summed E-state index contributed by atoms with van der Waals surface area (Å²) in [5.74, 6) is -12.2. The summed E-state index contributed by atoms with van der Waals surface area (Å²) in [6.45, 7) is 0. The van der Waals surface area contributed by atoms with Crippen LogP contribution in [0.4, 0.5) is 22.0 Å². The molecule has 0 heterocycles. The zero-order valence-electron chi connectivity index (χ0n) is 11.9. The first-order valence-electron chi connectivity index (χ1n) is 5.87. The van der Waals surface area contributed by atoms with Gasteiger partial charge in [-0.15, -0.1) is 0 Å². The van der Waals surface area contributed by atoms with Gasteiger partial charge in [0, 0.05) is 16.0 Å². The second-order valence-corrected chi connectivity index (χ2v) is 5.02. The molecule has 0 aromatic heterocycles. The predicted molar refractivity (Wildman–Crippen MR) is 69.1 cm³/mol. The quantitative estimate of drug-likeness (QED) is 0.189. The van der Waals surface area contributed by atoms with Crippen LogP contribution in [0, 0.1) is 29.1 Å². The van der Waals surface area contributed by atoms with Crippen LogP contribution in [0.5, 0.6) is 0 Å². The molecule has 13 heteroatoms. The molecule has 0 saturated heterocycles. The van der Waals surface area contributed by atoms with Crippen molar-refractivity contribution in [2.75, 3.05) is 0 Å². The molecule has 145 valence electrons. The van der Waals surface area contributed by atoms with E-state index in [2.05, 4.69) is 0 Å². The average Bonchev–Trinajstić information content (AvgIpc) is 2.50. The Bertz CT molecular complexity index is 898. The average molecular weight is 448 g/mol. The second-order valence-electron chi connectivity index (χ2n) is 4.20. The maximum Gasteiger partial charge on any atom is 2.00 e. The Hall–Kier alpha value is -2.05. The molecule has 1 N–H and O–H groups in total. The maximum atomic E-state index is 13.6. The molecule has 2 aromatic carbocycles. The minimum Gasteiger partial charge on any atom is -0.759 e. The van der Waals surface area contributed by atoms with Crippen LogP contribution in [0.15, 0.2) is 24.3 Å². The third kappa shape index (κ3) is 5.74. The van der Waals surface area contributed by atoms with Crippen molar-refractivity contribution in [2.24, 2.45) is 0 Å². The summed E-state index contributed by atoms with van der Waals surface area (Å²) in [7, 11) is -5.17. The fraction of sp³-hybridized carbons (Fsp3) is 0. The van der Waals surface area contributed by atoms with Crippen LogP contribution < -0.4 is 0 Å². The number of carboxylic acids is 1. The molecule has 26 heavy (non-hydrogen) atoms. The van der Waals surface area contributed by atoms with Gasteiger partial charge in [-0.05, 0) is 6.07 Å². The molecule has 0 aliphatic rings. The number of hydrogen-bond acceptors (Lipinski definition) is 5. The SMILES string of the molecule is O=C(O)c1ccccc1-c1c(F)c(F)c(F)c(F)c1F.O=S(=O)([O-])[O-].[Cu+2]. The van der Waals surface area contributed by atoms with E-state index in [1.165, 1.54) is 12.1 Å². The summed E-state index contributed by atoms with van der Waals surface area (Å²) in [5.41, 5.74) is -2.43. The summed E-state index contributed by atoms with van der Waals surface area (Å²) in [6, 6.07) is 4.44. The molecule has 2 rings (SSSR count). The Morgan fingerprint density at radius 1 is 0.846 bits per heavy atom. The van der Waals surface area contributed by atoms with Crippen molar-refractivity contribution in [3.63, 3.8) is 0 Å². The van der Waals surface area contributed by atoms with E-state index in [-0.39, 0.29) is 17.1 Å². The van der Waals surface area contributed by atoms with Crippen molar-refractivity contribution in [2.45, 2.75) is 0 Å². The van der Waals surface area contributed by atoms with Gasteiger partial charge in [0.15, 0.2) is 23.3 Å². The molecule has 0 saturated carbocycles. The Labute approximate surface area is 153 Å². The van der Waals surface area contributed by atoms with Crippen LogP contribution in [0.25, 0.3) is 11.1 Å². The van der Waals surface area contributed by atoms with Crippen LogP contribution in [-0.4, -0.2) is 28.6 Å². The van der Waals surface area contributed by atoms with Gasteiger partial charge in [-0.3, -0.25) is 8.42 Å². The molecule has 0 aliphatic carbocycles. The molecule has 0 spiro atoms. The van der Waals surface area contributed by atoms with Crippen molar-refractivity contribution in [3.8, 4) is 11.1 Å². The Balaban J connectivity index is 0.000000923. The number of carbonyl (C=O) groups is 1. The minimum atomic E-state index is -5.17. The molecule has 0 atom stereocenters. The van der Waals surface area contributed by atoms with Gasteiger partial charge in [-0.1, -0.05) is 18.2 Å². The number of aromatic carboxylic acids is 1. The van der Waals surface area contributed by atoms with E-state index in [0.29, 0.717) is 0 Å². The van der Waals surface area contributed by atoms with Crippen molar-refractivity contribution >= 4 is 16.4 Å². The van der Waals surface area contributed by atoms with Gasteiger partial charge in [-0.2, -0.15) is 0 Å². The monoisotopic (exact) mass is 447 g/mol. The number of benzene rings is 2. The summed E-state index contributed by atoms with van der Waals surface area (Å²) >= 11 is 0. The maximum absolute atomic E-state index is 13.6. The van der Waals surface area contributed by atoms with E-state index in [1.807, 2.05) is 0 Å². The largest absolute Gasteiger partial charge is 2.00 e. The molecule has 0 aliphatic heterocycles. The van der Waals surface area contributed by atoms with Gasteiger partial charge in [-0.25, -0.2) is 26.7 Å². The zero-order chi connectivity index (χ0) is 19.5. The first kappa shape index (κ1) is 23.9.